The zero-order chi connectivity index (χ0) is 15.9. The van der Waals surface area contributed by atoms with Crippen molar-refractivity contribution in [1.29, 1.82) is 0 Å². The summed E-state index contributed by atoms with van der Waals surface area (Å²) in [6, 6.07) is 7.72. The van der Waals surface area contributed by atoms with Crippen molar-refractivity contribution >= 4 is 11.6 Å². The quantitative estimate of drug-likeness (QED) is 0.690. The maximum atomic E-state index is 10.9. The fraction of sp³-hybridized carbons (Fsp3) is 0.588. The minimum Gasteiger partial charge on any atom is -0.389 e. The molecule has 1 rings (SSSR count). The Kier molecular flexibility index (Phi) is 6.85. The van der Waals surface area contributed by atoms with Crippen LogP contribution < -0.4 is 10.6 Å². The summed E-state index contributed by atoms with van der Waals surface area (Å²) in [7, 11) is 0. The molecule has 1 unspecified atom stereocenters. The van der Waals surface area contributed by atoms with E-state index in [2.05, 4.69) is 24.5 Å². The molecule has 0 aliphatic heterocycles. The van der Waals surface area contributed by atoms with Crippen molar-refractivity contribution in [3.05, 3.63) is 29.8 Å². The van der Waals surface area contributed by atoms with Crippen LogP contribution in [0.3, 0.4) is 0 Å². The first-order valence-corrected chi connectivity index (χ1v) is 7.58. The summed E-state index contributed by atoms with van der Waals surface area (Å²) >= 11 is 0. The van der Waals surface area contributed by atoms with Gasteiger partial charge in [-0.1, -0.05) is 26.0 Å². The lowest BCUT2D eigenvalue weighted by molar-refractivity contribution is -0.114. The fourth-order valence-corrected chi connectivity index (χ4v) is 2.07. The number of nitrogens with one attached hydrogen (secondary N) is 2. The lowest BCUT2D eigenvalue weighted by Gasteiger charge is -2.24. The number of hydrogen-bond donors (Lipinski definition) is 3. The van der Waals surface area contributed by atoms with Crippen LogP contribution in [-0.2, 0) is 11.3 Å². The largest absolute Gasteiger partial charge is 0.389 e. The molecule has 0 bridgehead atoms. The maximum absolute atomic E-state index is 10.9. The van der Waals surface area contributed by atoms with E-state index in [1.807, 2.05) is 31.2 Å². The molecule has 0 spiro atoms. The smallest absolute Gasteiger partial charge is 0.221 e. The van der Waals surface area contributed by atoms with Gasteiger partial charge >= 0.3 is 0 Å². The van der Waals surface area contributed by atoms with E-state index in [0.717, 1.165) is 24.1 Å². The Labute approximate surface area is 128 Å². The van der Waals surface area contributed by atoms with E-state index in [1.165, 1.54) is 6.92 Å². The van der Waals surface area contributed by atoms with E-state index >= 15 is 0 Å². The second-order valence-corrected chi connectivity index (χ2v) is 6.41. The second kappa shape index (κ2) is 8.15. The maximum Gasteiger partial charge on any atom is 0.221 e. The molecule has 1 atom stereocenters. The van der Waals surface area contributed by atoms with Crippen molar-refractivity contribution in [2.75, 3.05) is 11.9 Å². The molecule has 118 valence electrons. The van der Waals surface area contributed by atoms with Gasteiger partial charge in [-0.05, 0) is 43.4 Å². The molecule has 0 heterocycles. The minimum absolute atomic E-state index is 0.0675. The zero-order valence-corrected chi connectivity index (χ0v) is 13.6. The third-order valence-electron chi connectivity index (χ3n) is 3.37. The van der Waals surface area contributed by atoms with Crippen LogP contribution in [0.4, 0.5) is 5.69 Å². The van der Waals surface area contributed by atoms with Crippen molar-refractivity contribution in [3.63, 3.8) is 0 Å². The topological polar surface area (TPSA) is 61.4 Å². The number of anilines is 1. The van der Waals surface area contributed by atoms with Crippen LogP contribution in [-0.4, -0.2) is 23.2 Å². The molecule has 0 aliphatic carbocycles. The number of hydrogen-bond acceptors (Lipinski definition) is 3. The number of benzene rings is 1. The molecule has 0 radical (unpaired) electrons. The van der Waals surface area contributed by atoms with Gasteiger partial charge in [0.05, 0.1) is 5.60 Å². The standard InChI is InChI=1S/C17H28N2O2/c1-13(2)9-10-17(4,21)12-18-11-15-5-7-16(8-6-15)19-14(3)20/h5-8,13,18,21H,9-12H2,1-4H3,(H,19,20). The molecule has 0 fully saturated rings. The van der Waals surface area contributed by atoms with Gasteiger partial charge in [-0.25, -0.2) is 0 Å². The van der Waals surface area contributed by atoms with Gasteiger partial charge in [0.2, 0.25) is 5.91 Å². The second-order valence-electron chi connectivity index (χ2n) is 6.41. The number of carbonyl (C=O) groups is 1. The monoisotopic (exact) mass is 292 g/mol. The van der Waals surface area contributed by atoms with Crippen LogP contribution in [0.15, 0.2) is 24.3 Å². The summed E-state index contributed by atoms with van der Waals surface area (Å²) in [5.41, 5.74) is 1.26. The summed E-state index contributed by atoms with van der Waals surface area (Å²) < 4.78 is 0. The predicted octanol–water partition coefficient (Wildman–Crippen LogP) is 2.92. The first-order chi connectivity index (χ1) is 9.78. The molecule has 4 heteroatoms. The minimum atomic E-state index is -0.666. The molecule has 4 nitrogen and oxygen atoms in total. The van der Waals surface area contributed by atoms with Gasteiger partial charge in [0.15, 0.2) is 0 Å². The molecule has 0 aromatic heterocycles. The molecule has 21 heavy (non-hydrogen) atoms. The number of aliphatic hydroxyl groups is 1. The average molecular weight is 292 g/mol. The van der Waals surface area contributed by atoms with Crippen LogP contribution in [0.25, 0.3) is 0 Å². The number of carbonyl (C=O) groups excluding carboxylic acids is 1. The molecule has 0 saturated heterocycles. The van der Waals surface area contributed by atoms with E-state index < -0.39 is 5.60 Å². The van der Waals surface area contributed by atoms with Gasteiger partial charge in [-0.3, -0.25) is 4.79 Å². The first-order valence-electron chi connectivity index (χ1n) is 7.58. The summed E-state index contributed by atoms with van der Waals surface area (Å²) in [5, 5.41) is 16.3. The fourth-order valence-electron chi connectivity index (χ4n) is 2.07. The number of rotatable bonds is 8. The summed E-state index contributed by atoms with van der Waals surface area (Å²) in [6.07, 6.45) is 1.83. The Morgan fingerprint density at radius 3 is 2.43 bits per heavy atom. The van der Waals surface area contributed by atoms with Gasteiger partial charge in [0, 0.05) is 25.7 Å². The molecule has 0 saturated carbocycles. The highest BCUT2D eigenvalue weighted by Crippen LogP contribution is 2.16. The third kappa shape index (κ3) is 7.83. The average Bonchev–Trinajstić information content (AvgIpc) is 2.38. The Balaban J connectivity index is 2.36. The van der Waals surface area contributed by atoms with Gasteiger partial charge in [0.1, 0.15) is 0 Å². The van der Waals surface area contributed by atoms with Crippen molar-refractivity contribution < 1.29 is 9.90 Å². The van der Waals surface area contributed by atoms with E-state index in [4.69, 9.17) is 0 Å². The number of amides is 1. The van der Waals surface area contributed by atoms with E-state index in [0.29, 0.717) is 19.0 Å². The third-order valence-corrected chi connectivity index (χ3v) is 3.37. The molecule has 1 aromatic rings. The van der Waals surface area contributed by atoms with Crippen molar-refractivity contribution in [2.24, 2.45) is 5.92 Å². The highest BCUT2D eigenvalue weighted by atomic mass is 16.3. The normalized spacial score (nSPS) is 14.0. The van der Waals surface area contributed by atoms with Gasteiger partial charge < -0.3 is 15.7 Å². The van der Waals surface area contributed by atoms with Crippen LogP contribution in [0.1, 0.15) is 46.1 Å². The van der Waals surface area contributed by atoms with E-state index in [-0.39, 0.29) is 5.91 Å². The Hall–Kier alpha value is -1.39. The van der Waals surface area contributed by atoms with Crippen LogP contribution in [0.5, 0.6) is 0 Å². The van der Waals surface area contributed by atoms with Crippen molar-refractivity contribution in [3.8, 4) is 0 Å². The van der Waals surface area contributed by atoms with Gasteiger partial charge in [-0.2, -0.15) is 0 Å². The van der Waals surface area contributed by atoms with Crippen molar-refractivity contribution in [1.82, 2.24) is 5.32 Å². The predicted molar refractivity (Wildman–Crippen MR) is 87.1 cm³/mol. The lowest BCUT2D eigenvalue weighted by atomic mass is 9.95. The SMILES string of the molecule is CC(=O)Nc1ccc(CNCC(C)(O)CCC(C)C)cc1. The highest BCUT2D eigenvalue weighted by Gasteiger charge is 2.19. The van der Waals surface area contributed by atoms with Gasteiger partial charge in [0.25, 0.3) is 0 Å². The molecule has 0 aliphatic rings. The molecule has 1 amide bonds. The zero-order valence-electron chi connectivity index (χ0n) is 13.6. The van der Waals surface area contributed by atoms with E-state index in [9.17, 15) is 9.90 Å². The van der Waals surface area contributed by atoms with E-state index in [1.54, 1.807) is 0 Å². The summed E-state index contributed by atoms with van der Waals surface area (Å²) in [5.74, 6) is 0.542. The Morgan fingerprint density at radius 1 is 1.29 bits per heavy atom. The van der Waals surface area contributed by atoms with Crippen molar-refractivity contribution in [2.45, 2.75) is 52.7 Å². The molecule has 3 N–H and O–H groups in total. The Morgan fingerprint density at radius 2 is 1.90 bits per heavy atom. The first kappa shape index (κ1) is 17.7. The summed E-state index contributed by atoms with van der Waals surface area (Å²) in [4.78, 5) is 10.9. The lowest BCUT2D eigenvalue weighted by Crippen LogP contribution is -2.37. The Bertz CT molecular complexity index is 439. The highest BCUT2D eigenvalue weighted by molar-refractivity contribution is 5.88. The molecular formula is C17H28N2O2. The van der Waals surface area contributed by atoms with Gasteiger partial charge in [-0.15, -0.1) is 0 Å². The van der Waals surface area contributed by atoms with Crippen LogP contribution in [0, 0.1) is 5.92 Å². The van der Waals surface area contributed by atoms with Crippen LogP contribution in [0.2, 0.25) is 0 Å². The van der Waals surface area contributed by atoms with Crippen LogP contribution >= 0.6 is 0 Å². The molecular weight excluding hydrogens is 264 g/mol. The summed E-state index contributed by atoms with van der Waals surface area (Å²) in [6.45, 7) is 8.99. The molecule has 1 aromatic carbocycles.